The van der Waals surface area contributed by atoms with Crippen LogP contribution in [-0.2, 0) is 14.8 Å². The Balaban J connectivity index is 2.15. The van der Waals surface area contributed by atoms with Crippen LogP contribution in [0.5, 0.6) is 0 Å². The first-order valence-corrected chi connectivity index (χ1v) is 9.47. The second-order valence-corrected chi connectivity index (χ2v) is 7.70. The second kappa shape index (κ2) is 8.60. The molecule has 0 saturated carbocycles. The first-order valence-electron chi connectivity index (χ1n) is 7.24. The molecule has 0 atom stereocenters. The molecule has 10 heteroatoms. The summed E-state index contributed by atoms with van der Waals surface area (Å²) in [6, 6.07) is 6.41. The quantitative estimate of drug-likeness (QED) is 0.583. The first kappa shape index (κ1) is 18.9. The molecular formula is C14H17ClN4O3S2. The minimum absolute atomic E-state index is 0.135. The molecule has 1 heterocycles. The van der Waals surface area contributed by atoms with Gasteiger partial charge < -0.3 is 15.4 Å². The van der Waals surface area contributed by atoms with E-state index in [-0.39, 0.29) is 10.0 Å². The summed E-state index contributed by atoms with van der Waals surface area (Å²) < 4.78 is 31.9. The van der Waals surface area contributed by atoms with Gasteiger partial charge in [0, 0.05) is 19.6 Å². The summed E-state index contributed by atoms with van der Waals surface area (Å²) in [7, 11) is -3.61. The fraction of sp³-hybridized carbons (Fsp3) is 0.429. The Kier molecular flexibility index (Phi) is 6.77. The predicted molar refractivity (Wildman–Crippen MR) is 95.5 cm³/mol. The van der Waals surface area contributed by atoms with Crippen LogP contribution in [-0.4, -0.2) is 50.7 Å². The Morgan fingerprint density at radius 1 is 1.42 bits per heavy atom. The van der Waals surface area contributed by atoms with Gasteiger partial charge in [0.15, 0.2) is 5.11 Å². The number of anilines is 1. The van der Waals surface area contributed by atoms with Gasteiger partial charge in [-0.25, -0.2) is 8.42 Å². The molecule has 0 unspecified atom stereocenters. The average Bonchev–Trinajstić information content (AvgIpc) is 2.58. The Morgan fingerprint density at radius 2 is 2.12 bits per heavy atom. The zero-order chi connectivity index (χ0) is 17.6. The van der Waals surface area contributed by atoms with Crippen LogP contribution in [0.4, 0.5) is 5.69 Å². The van der Waals surface area contributed by atoms with Crippen molar-refractivity contribution in [3.05, 3.63) is 23.2 Å². The lowest BCUT2D eigenvalue weighted by molar-refractivity contribution is 0.0730. The maximum absolute atomic E-state index is 12.7. The summed E-state index contributed by atoms with van der Waals surface area (Å²) in [5.74, 6) is 0. The highest BCUT2D eigenvalue weighted by Crippen LogP contribution is 2.27. The molecule has 1 saturated heterocycles. The Labute approximate surface area is 151 Å². The van der Waals surface area contributed by atoms with Crippen molar-refractivity contribution in [1.29, 1.82) is 5.26 Å². The molecule has 1 aromatic rings. The van der Waals surface area contributed by atoms with Gasteiger partial charge in [0.25, 0.3) is 0 Å². The number of thiocarbonyl (C=S) groups is 1. The van der Waals surface area contributed by atoms with Crippen molar-refractivity contribution in [3.63, 3.8) is 0 Å². The lowest BCUT2D eigenvalue weighted by Gasteiger charge is -2.26. The van der Waals surface area contributed by atoms with E-state index in [1.165, 1.54) is 22.5 Å². The largest absolute Gasteiger partial charge is 0.379 e. The van der Waals surface area contributed by atoms with Gasteiger partial charge in [-0.2, -0.15) is 9.57 Å². The summed E-state index contributed by atoms with van der Waals surface area (Å²) in [6.07, 6.45) is 0.307. The Hall–Kier alpha value is -1.44. The van der Waals surface area contributed by atoms with Gasteiger partial charge in [-0.1, -0.05) is 11.6 Å². The highest BCUT2D eigenvalue weighted by Gasteiger charge is 2.26. The summed E-state index contributed by atoms with van der Waals surface area (Å²) in [5.41, 5.74) is 0.389. The number of rotatable bonds is 5. The van der Waals surface area contributed by atoms with Crippen molar-refractivity contribution < 1.29 is 13.2 Å². The number of hydrogen-bond donors (Lipinski definition) is 2. The summed E-state index contributed by atoms with van der Waals surface area (Å²) in [6.45, 7) is 1.80. The molecule has 0 spiro atoms. The highest BCUT2D eigenvalue weighted by atomic mass is 35.5. The predicted octanol–water partition coefficient (Wildman–Crippen LogP) is 1.56. The molecule has 2 rings (SSSR count). The van der Waals surface area contributed by atoms with Crippen LogP contribution in [0.25, 0.3) is 0 Å². The van der Waals surface area contributed by atoms with Crippen molar-refractivity contribution in [1.82, 2.24) is 9.62 Å². The minimum atomic E-state index is -3.61. The molecule has 2 N–H and O–H groups in total. The van der Waals surface area contributed by atoms with E-state index < -0.39 is 10.0 Å². The van der Waals surface area contributed by atoms with Crippen molar-refractivity contribution in [2.75, 3.05) is 38.2 Å². The number of nitrogens with one attached hydrogen (secondary N) is 2. The number of sulfonamides is 1. The van der Waals surface area contributed by atoms with E-state index in [0.29, 0.717) is 50.0 Å². The zero-order valence-electron chi connectivity index (χ0n) is 12.8. The molecule has 1 aliphatic heterocycles. The number of morpholine rings is 1. The standard InChI is InChI=1S/C14H17ClN4O3S2/c15-12-3-2-11(24(20,21)19-6-8-22-9-7-19)10-13(12)18-14(23)17-5-1-4-16/h2-3,10H,1,5-9H2,(H2,17,18,23). The van der Waals surface area contributed by atoms with Gasteiger partial charge in [-0.05, 0) is 30.4 Å². The maximum atomic E-state index is 12.7. The summed E-state index contributed by atoms with van der Waals surface area (Å²) >= 11 is 11.2. The van der Waals surface area contributed by atoms with Gasteiger partial charge in [0.05, 0.1) is 41.3 Å². The molecule has 1 aromatic carbocycles. The maximum Gasteiger partial charge on any atom is 0.243 e. The van der Waals surface area contributed by atoms with E-state index >= 15 is 0 Å². The Morgan fingerprint density at radius 3 is 2.79 bits per heavy atom. The van der Waals surface area contributed by atoms with Crippen LogP contribution in [0.2, 0.25) is 5.02 Å². The molecule has 24 heavy (non-hydrogen) atoms. The van der Waals surface area contributed by atoms with Crippen molar-refractivity contribution >= 4 is 44.6 Å². The molecule has 130 valence electrons. The zero-order valence-corrected chi connectivity index (χ0v) is 15.2. The van der Waals surface area contributed by atoms with E-state index in [1.54, 1.807) is 0 Å². The summed E-state index contributed by atoms with van der Waals surface area (Å²) in [4.78, 5) is 0.135. The van der Waals surface area contributed by atoms with Crippen molar-refractivity contribution in [2.24, 2.45) is 0 Å². The number of nitriles is 1. The topological polar surface area (TPSA) is 94.5 Å². The first-order chi connectivity index (χ1) is 11.4. The fourth-order valence-corrected chi connectivity index (χ4v) is 3.91. The average molecular weight is 389 g/mol. The molecule has 7 nitrogen and oxygen atoms in total. The van der Waals surface area contributed by atoms with E-state index in [9.17, 15) is 8.42 Å². The molecule has 0 aromatic heterocycles. The van der Waals surface area contributed by atoms with E-state index in [4.69, 9.17) is 33.8 Å². The third kappa shape index (κ3) is 4.78. The van der Waals surface area contributed by atoms with E-state index in [1.807, 2.05) is 6.07 Å². The van der Waals surface area contributed by atoms with Crippen LogP contribution in [0.3, 0.4) is 0 Å². The van der Waals surface area contributed by atoms with Gasteiger partial charge >= 0.3 is 0 Å². The van der Waals surface area contributed by atoms with Gasteiger partial charge in [0.1, 0.15) is 0 Å². The molecular weight excluding hydrogens is 372 g/mol. The normalized spacial score (nSPS) is 15.5. The molecule has 0 amide bonds. The van der Waals surface area contributed by atoms with Crippen LogP contribution in [0, 0.1) is 11.3 Å². The minimum Gasteiger partial charge on any atom is -0.379 e. The molecule has 1 fully saturated rings. The van der Waals surface area contributed by atoms with Crippen molar-refractivity contribution in [3.8, 4) is 6.07 Å². The lowest BCUT2D eigenvalue weighted by atomic mass is 10.3. The third-order valence-corrected chi connectivity index (χ3v) is 5.79. The van der Waals surface area contributed by atoms with Crippen molar-refractivity contribution in [2.45, 2.75) is 11.3 Å². The lowest BCUT2D eigenvalue weighted by Crippen LogP contribution is -2.40. The summed E-state index contributed by atoms with van der Waals surface area (Å²) in [5, 5.41) is 14.8. The Bertz CT molecular complexity index is 743. The van der Waals surface area contributed by atoms with Gasteiger partial charge in [-0.15, -0.1) is 0 Å². The molecule has 0 aliphatic carbocycles. The van der Waals surface area contributed by atoms with Crippen LogP contribution in [0.1, 0.15) is 6.42 Å². The van der Waals surface area contributed by atoms with Crippen LogP contribution < -0.4 is 10.6 Å². The van der Waals surface area contributed by atoms with Crippen LogP contribution >= 0.6 is 23.8 Å². The number of halogens is 1. The molecule has 0 radical (unpaired) electrons. The monoisotopic (exact) mass is 388 g/mol. The SMILES string of the molecule is N#CCCNC(=S)Nc1cc(S(=O)(=O)N2CCOCC2)ccc1Cl. The molecule has 1 aliphatic rings. The van der Waals surface area contributed by atoms with E-state index in [0.717, 1.165) is 0 Å². The van der Waals surface area contributed by atoms with Gasteiger partial charge in [0.2, 0.25) is 10.0 Å². The molecule has 0 bridgehead atoms. The number of benzene rings is 1. The second-order valence-electron chi connectivity index (χ2n) is 4.95. The van der Waals surface area contributed by atoms with Crippen LogP contribution in [0.15, 0.2) is 23.1 Å². The number of hydrogen-bond acceptors (Lipinski definition) is 5. The fourth-order valence-electron chi connectivity index (χ4n) is 2.10. The smallest absolute Gasteiger partial charge is 0.243 e. The number of nitrogens with zero attached hydrogens (tertiary/aromatic N) is 2. The third-order valence-electron chi connectivity index (χ3n) is 3.32. The van der Waals surface area contributed by atoms with E-state index in [2.05, 4.69) is 10.6 Å². The van der Waals surface area contributed by atoms with Gasteiger partial charge in [-0.3, -0.25) is 0 Å². The number of ether oxygens (including phenoxy) is 1. The highest BCUT2D eigenvalue weighted by molar-refractivity contribution is 7.89.